The molecule has 0 saturated heterocycles. The second-order valence-electron chi connectivity index (χ2n) is 7.42. The van der Waals surface area contributed by atoms with Crippen LogP contribution in [0.3, 0.4) is 0 Å². The fourth-order valence-corrected chi connectivity index (χ4v) is 3.52. The van der Waals surface area contributed by atoms with E-state index in [1.807, 2.05) is 30.3 Å². The number of aliphatic hydroxyl groups is 1. The Hall–Kier alpha value is -2.39. The van der Waals surface area contributed by atoms with Gasteiger partial charge in [0, 0.05) is 6.42 Å². The number of hydrogen-bond donors (Lipinski definition) is 2. The van der Waals surface area contributed by atoms with Gasteiger partial charge < -0.3 is 10.8 Å². The number of aliphatic hydroxyl groups excluding tert-OH is 1. The molecule has 0 saturated carbocycles. The number of hydrogen-bond acceptors (Lipinski definition) is 3. The summed E-state index contributed by atoms with van der Waals surface area (Å²) in [6, 6.07) is 9.68. The molecular formula is C25H34N2O. The molecule has 150 valence electrons. The average Bonchev–Trinajstić information content (AvgIpc) is 2.88. The number of allylic oxidation sites excluding steroid dienone is 4. The van der Waals surface area contributed by atoms with Gasteiger partial charge in [0.1, 0.15) is 0 Å². The molecule has 1 aliphatic rings. The third-order valence-corrected chi connectivity index (χ3v) is 5.29. The van der Waals surface area contributed by atoms with Gasteiger partial charge in [0.2, 0.25) is 0 Å². The van der Waals surface area contributed by atoms with Crippen molar-refractivity contribution in [3.05, 3.63) is 83.1 Å². The maximum Gasteiger partial charge on any atom is 0.0999 e. The van der Waals surface area contributed by atoms with Crippen molar-refractivity contribution < 1.29 is 5.11 Å². The first-order valence-electron chi connectivity index (χ1n) is 10.3. The van der Waals surface area contributed by atoms with Gasteiger partial charge in [0.25, 0.3) is 0 Å². The molecule has 0 radical (unpaired) electrons. The first kappa shape index (κ1) is 21.9. The van der Waals surface area contributed by atoms with Crippen LogP contribution in [0.5, 0.6) is 0 Å². The molecule has 2 rings (SSSR count). The van der Waals surface area contributed by atoms with Crippen LogP contribution in [0.15, 0.2) is 82.5 Å². The van der Waals surface area contributed by atoms with Gasteiger partial charge in [-0.05, 0) is 66.9 Å². The van der Waals surface area contributed by atoms with Gasteiger partial charge in [0.05, 0.1) is 17.6 Å². The van der Waals surface area contributed by atoms with Gasteiger partial charge in [-0.3, -0.25) is 0 Å². The van der Waals surface area contributed by atoms with Crippen molar-refractivity contribution in [2.75, 3.05) is 0 Å². The predicted octanol–water partition coefficient (Wildman–Crippen LogP) is 6.15. The van der Waals surface area contributed by atoms with Crippen molar-refractivity contribution in [3.63, 3.8) is 0 Å². The minimum atomic E-state index is -0.651. The van der Waals surface area contributed by atoms with Crippen LogP contribution in [0.2, 0.25) is 0 Å². The second kappa shape index (κ2) is 10.8. The Kier molecular flexibility index (Phi) is 8.46. The zero-order chi connectivity index (χ0) is 20.5. The summed E-state index contributed by atoms with van der Waals surface area (Å²) >= 11 is 0. The van der Waals surface area contributed by atoms with E-state index in [2.05, 4.69) is 33.1 Å². The summed E-state index contributed by atoms with van der Waals surface area (Å²) in [7, 11) is 0. The maximum absolute atomic E-state index is 10.6. The van der Waals surface area contributed by atoms with E-state index in [0.29, 0.717) is 12.3 Å². The minimum absolute atomic E-state index is 0.651. The van der Waals surface area contributed by atoms with Crippen LogP contribution in [0.4, 0.5) is 0 Å². The topological polar surface area (TPSA) is 58.6 Å². The standard InChI is InChI=1S/C25H34N2O/c1-5-7-11-18(3)24-22(20(6-2)15-17-23(26)27-24)16-14-19(4)25(28)21-12-9-8-10-13-21/h6,8-10,12-13,25,28H,3-5,7,11,14-17H2,1-2H3,(H2,26,27)/b20-6-. The van der Waals surface area contributed by atoms with Crippen molar-refractivity contribution in [3.8, 4) is 0 Å². The van der Waals surface area contributed by atoms with Crippen LogP contribution in [-0.4, -0.2) is 10.9 Å². The largest absolute Gasteiger partial charge is 0.387 e. The fourth-order valence-electron chi connectivity index (χ4n) is 3.52. The van der Waals surface area contributed by atoms with Crippen molar-refractivity contribution in [1.82, 2.24) is 0 Å². The molecular weight excluding hydrogens is 344 g/mol. The summed E-state index contributed by atoms with van der Waals surface area (Å²) in [5, 5.41) is 10.6. The van der Waals surface area contributed by atoms with Crippen LogP contribution >= 0.6 is 0 Å². The highest BCUT2D eigenvalue weighted by Crippen LogP contribution is 2.35. The van der Waals surface area contributed by atoms with Crippen molar-refractivity contribution >= 4 is 5.84 Å². The summed E-state index contributed by atoms with van der Waals surface area (Å²) in [6.07, 6.45) is 7.78. The Balaban J connectivity index is 2.25. The van der Waals surface area contributed by atoms with Gasteiger partial charge in [0.15, 0.2) is 0 Å². The molecule has 1 aromatic carbocycles. The highest BCUT2D eigenvalue weighted by molar-refractivity contribution is 5.83. The SMILES string of the molecule is C=C(CCCC)C1=C(CCC(=C)C(O)c2ccccc2)/C(=C\C)CCC(N)=N1. The summed E-state index contributed by atoms with van der Waals surface area (Å²) in [6.45, 7) is 12.7. The number of nitrogens with two attached hydrogens (primary N) is 1. The number of rotatable bonds is 9. The van der Waals surface area contributed by atoms with Crippen LogP contribution < -0.4 is 5.73 Å². The molecule has 1 heterocycles. The number of benzene rings is 1. The molecule has 3 heteroatoms. The lowest BCUT2D eigenvalue weighted by molar-refractivity contribution is 0.212. The number of nitrogens with zero attached hydrogens (tertiary/aromatic N) is 1. The smallest absolute Gasteiger partial charge is 0.0999 e. The minimum Gasteiger partial charge on any atom is -0.387 e. The highest BCUT2D eigenvalue weighted by Gasteiger charge is 2.19. The van der Waals surface area contributed by atoms with E-state index in [9.17, 15) is 5.11 Å². The molecule has 28 heavy (non-hydrogen) atoms. The number of aliphatic imine (C=N–C) groups is 1. The van der Waals surface area contributed by atoms with Gasteiger partial charge in [-0.25, -0.2) is 4.99 Å². The van der Waals surface area contributed by atoms with E-state index >= 15 is 0 Å². The average molecular weight is 379 g/mol. The molecule has 0 fully saturated rings. The van der Waals surface area contributed by atoms with Crippen LogP contribution in [0.25, 0.3) is 0 Å². The monoisotopic (exact) mass is 378 g/mol. The predicted molar refractivity (Wildman–Crippen MR) is 120 cm³/mol. The zero-order valence-corrected chi connectivity index (χ0v) is 17.4. The van der Waals surface area contributed by atoms with Crippen molar-refractivity contribution in [1.29, 1.82) is 0 Å². The van der Waals surface area contributed by atoms with Crippen LogP contribution in [-0.2, 0) is 0 Å². The lowest BCUT2D eigenvalue weighted by Gasteiger charge is -2.18. The summed E-state index contributed by atoms with van der Waals surface area (Å²) in [5.74, 6) is 0.671. The number of amidine groups is 1. The lowest BCUT2D eigenvalue weighted by Crippen LogP contribution is -2.10. The van der Waals surface area contributed by atoms with Crippen LogP contribution in [0, 0.1) is 0 Å². The Morgan fingerprint density at radius 3 is 2.57 bits per heavy atom. The van der Waals surface area contributed by atoms with Gasteiger partial charge in [-0.2, -0.15) is 0 Å². The van der Waals surface area contributed by atoms with Gasteiger partial charge in [-0.1, -0.05) is 62.9 Å². The highest BCUT2D eigenvalue weighted by atomic mass is 16.3. The molecule has 0 bridgehead atoms. The summed E-state index contributed by atoms with van der Waals surface area (Å²) in [4.78, 5) is 4.73. The normalized spacial score (nSPS) is 17.2. The quantitative estimate of drug-likeness (QED) is 0.506. The first-order chi connectivity index (χ1) is 13.5. The van der Waals surface area contributed by atoms with Gasteiger partial charge in [-0.15, -0.1) is 0 Å². The summed E-state index contributed by atoms with van der Waals surface area (Å²) < 4.78 is 0. The molecule has 0 spiro atoms. The molecule has 0 aromatic heterocycles. The Labute approximate surface area is 170 Å². The third kappa shape index (κ3) is 5.80. The summed E-state index contributed by atoms with van der Waals surface area (Å²) in [5.41, 5.74) is 12.3. The zero-order valence-electron chi connectivity index (χ0n) is 17.4. The molecule has 1 atom stereocenters. The second-order valence-corrected chi connectivity index (χ2v) is 7.42. The van der Waals surface area contributed by atoms with E-state index in [0.717, 1.165) is 60.9 Å². The molecule has 1 aromatic rings. The Morgan fingerprint density at radius 1 is 1.21 bits per heavy atom. The van der Waals surface area contributed by atoms with E-state index in [4.69, 9.17) is 10.7 Å². The molecule has 1 aliphatic heterocycles. The lowest BCUT2D eigenvalue weighted by atomic mass is 9.89. The van der Waals surface area contributed by atoms with Crippen molar-refractivity contribution in [2.24, 2.45) is 10.7 Å². The van der Waals surface area contributed by atoms with E-state index in [1.54, 1.807) is 0 Å². The molecule has 3 nitrogen and oxygen atoms in total. The number of unbranched alkanes of at least 4 members (excludes halogenated alkanes) is 1. The van der Waals surface area contributed by atoms with E-state index in [1.165, 1.54) is 11.1 Å². The molecule has 1 unspecified atom stereocenters. The molecule has 0 aliphatic carbocycles. The maximum atomic E-state index is 10.6. The molecule has 0 amide bonds. The van der Waals surface area contributed by atoms with E-state index in [-0.39, 0.29) is 0 Å². The molecule has 3 N–H and O–H groups in total. The van der Waals surface area contributed by atoms with Crippen LogP contribution in [0.1, 0.15) is 70.5 Å². The Bertz CT molecular complexity index is 784. The Morgan fingerprint density at radius 2 is 1.93 bits per heavy atom. The fraction of sp³-hybridized carbons (Fsp3) is 0.400. The van der Waals surface area contributed by atoms with Crippen molar-refractivity contribution in [2.45, 2.75) is 64.9 Å². The first-order valence-corrected chi connectivity index (χ1v) is 10.3. The third-order valence-electron chi connectivity index (χ3n) is 5.29. The van der Waals surface area contributed by atoms with Gasteiger partial charge >= 0.3 is 0 Å². The van der Waals surface area contributed by atoms with E-state index < -0.39 is 6.10 Å².